The maximum Gasteiger partial charge on any atom is 0.248 e. The smallest absolute Gasteiger partial charge is 0.248 e. The van der Waals surface area contributed by atoms with Crippen LogP contribution >= 0.6 is 0 Å². The third-order valence-electron chi connectivity index (χ3n) is 0.665. The lowest BCUT2D eigenvalue weighted by atomic mass is 10.7. The predicted octanol–water partition coefficient (Wildman–Crippen LogP) is -2.20. The Bertz CT molecular complexity index is 63.2. The Balaban J connectivity index is 2.37. The topological polar surface area (TPSA) is 45.7 Å². The lowest BCUT2D eigenvalue weighted by Gasteiger charge is -1.89. The number of carbonyl (C=O) groups is 1. The lowest BCUT2D eigenvalue weighted by molar-refractivity contribution is -0.595. The van der Waals surface area contributed by atoms with Gasteiger partial charge in [-0.1, -0.05) is 0 Å². The fourth-order valence-electron chi connectivity index (χ4n) is 0.377. The Hall–Kier alpha value is -0.570. The van der Waals surface area contributed by atoms with Gasteiger partial charge in [-0.2, -0.15) is 0 Å². The molecule has 0 spiro atoms. The molecule has 0 aromatic carbocycles. The first-order valence-corrected chi connectivity index (χ1v) is 1.84. The number of quaternary nitrogens is 1. The van der Waals surface area contributed by atoms with Crippen molar-refractivity contribution >= 4 is 5.91 Å². The summed E-state index contributed by atoms with van der Waals surface area (Å²) in [5.74, 6) is 0.0926. The molecule has 1 amide bonds. The van der Waals surface area contributed by atoms with E-state index in [1.54, 1.807) is 12.0 Å². The van der Waals surface area contributed by atoms with E-state index in [-0.39, 0.29) is 5.91 Å². The SMILES string of the molecule is O=C1C[NH2+][CH-]N1. The van der Waals surface area contributed by atoms with Crippen molar-refractivity contribution in [3.63, 3.8) is 0 Å². The average Bonchev–Trinajstić information content (AvgIpc) is 1.86. The average molecular weight is 86.1 g/mol. The molecule has 6 heavy (non-hydrogen) atoms. The summed E-state index contributed by atoms with van der Waals surface area (Å²) in [6.45, 7) is 2.21. The minimum atomic E-state index is 0.0926. The molecule has 3 heteroatoms. The first-order valence-electron chi connectivity index (χ1n) is 1.84. The minimum absolute atomic E-state index is 0.0926. The summed E-state index contributed by atoms with van der Waals surface area (Å²) in [4.78, 5) is 10.1. The first kappa shape index (κ1) is 3.61. The van der Waals surface area contributed by atoms with Crippen molar-refractivity contribution in [1.82, 2.24) is 5.32 Å². The summed E-state index contributed by atoms with van der Waals surface area (Å²) >= 11 is 0. The first-order chi connectivity index (χ1) is 2.89. The van der Waals surface area contributed by atoms with E-state index in [9.17, 15) is 4.79 Å². The van der Waals surface area contributed by atoms with Crippen LogP contribution in [0.1, 0.15) is 0 Å². The van der Waals surface area contributed by atoms with E-state index < -0.39 is 0 Å². The molecular weight excluding hydrogens is 80.0 g/mol. The van der Waals surface area contributed by atoms with Crippen LogP contribution in [0.4, 0.5) is 0 Å². The summed E-state index contributed by atoms with van der Waals surface area (Å²) < 4.78 is 0. The Labute approximate surface area is 35.7 Å². The van der Waals surface area contributed by atoms with Gasteiger partial charge < -0.3 is 10.6 Å². The maximum atomic E-state index is 10.1. The fraction of sp³-hybridized carbons (Fsp3) is 0.333. The molecule has 34 valence electrons. The monoisotopic (exact) mass is 86.0 g/mol. The second-order valence-corrected chi connectivity index (χ2v) is 1.17. The van der Waals surface area contributed by atoms with Crippen molar-refractivity contribution in [2.75, 3.05) is 6.54 Å². The molecule has 0 aliphatic carbocycles. The maximum absolute atomic E-state index is 10.1. The quantitative estimate of drug-likeness (QED) is 0.323. The zero-order valence-corrected chi connectivity index (χ0v) is 3.27. The molecule has 0 unspecified atom stereocenters. The van der Waals surface area contributed by atoms with Crippen LogP contribution in [0.5, 0.6) is 0 Å². The van der Waals surface area contributed by atoms with E-state index >= 15 is 0 Å². The molecule has 0 radical (unpaired) electrons. The highest BCUT2D eigenvalue weighted by atomic mass is 16.2. The second kappa shape index (κ2) is 1.26. The number of hydrogen-bond acceptors (Lipinski definition) is 1. The molecule has 3 N–H and O–H groups in total. The van der Waals surface area contributed by atoms with Gasteiger partial charge >= 0.3 is 0 Å². The number of rotatable bonds is 0. The normalized spacial score (nSPS) is 21.0. The Morgan fingerprint density at radius 1 is 2.00 bits per heavy atom. The molecule has 1 rings (SSSR count). The van der Waals surface area contributed by atoms with Crippen LogP contribution in [0.15, 0.2) is 0 Å². The molecule has 1 heterocycles. The number of nitrogens with two attached hydrogens (primary N) is 1. The Morgan fingerprint density at radius 2 is 2.83 bits per heavy atom. The van der Waals surface area contributed by atoms with E-state index in [0.717, 1.165) is 0 Å². The van der Waals surface area contributed by atoms with Crippen LogP contribution < -0.4 is 10.6 Å². The predicted molar refractivity (Wildman–Crippen MR) is 19.2 cm³/mol. The van der Waals surface area contributed by atoms with Gasteiger partial charge in [0.1, 0.15) is 6.54 Å². The number of nitrogens with one attached hydrogen (secondary N) is 1. The summed E-state index contributed by atoms with van der Waals surface area (Å²) in [5.41, 5.74) is 0. The molecule has 1 fully saturated rings. The van der Waals surface area contributed by atoms with E-state index in [0.29, 0.717) is 6.54 Å². The molecule has 0 atom stereocenters. The molecule has 1 aliphatic rings. The second-order valence-electron chi connectivity index (χ2n) is 1.17. The molecule has 0 aromatic heterocycles. The van der Waals surface area contributed by atoms with Crippen molar-refractivity contribution < 1.29 is 10.1 Å². The largest absolute Gasteiger partial charge is 0.452 e. The van der Waals surface area contributed by atoms with Gasteiger partial charge in [0, 0.05) is 0 Å². The van der Waals surface area contributed by atoms with Gasteiger partial charge in [0.05, 0.1) is 0 Å². The van der Waals surface area contributed by atoms with Crippen molar-refractivity contribution in [3.05, 3.63) is 6.67 Å². The van der Waals surface area contributed by atoms with Gasteiger partial charge in [-0.3, -0.25) is 4.79 Å². The van der Waals surface area contributed by atoms with Crippen molar-refractivity contribution in [2.24, 2.45) is 0 Å². The van der Waals surface area contributed by atoms with Gasteiger partial charge in [-0.15, -0.1) is 0 Å². The van der Waals surface area contributed by atoms with Crippen molar-refractivity contribution in [1.29, 1.82) is 0 Å². The van der Waals surface area contributed by atoms with E-state index in [1.165, 1.54) is 0 Å². The molecule has 0 bridgehead atoms. The van der Waals surface area contributed by atoms with Crippen LogP contribution in [0, 0.1) is 6.67 Å². The molecule has 1 saturated heterocycles. The summed E-state index contributed by atoms with van der Waals surface area (Å²) in [7, 11) is 0. The van der Waals surface area contributed by atoms with Gasteiger partial charge in [0.2, 0.25) is 5.91 Å². The van der Waals surface area contributed by atoms with Gasteiger partial charge in [-0.25, -0.2) is 0 Å². The summed E-state index contributed by atoms with van der Waals surface area (Å²) in [5, 5.41) is 4.29. The third kappa shape index (κ3) is 0.490. The summed E-state index contributed by atoms with van der Waals surface area (Å²) in [6, 6.07) is 0. The van der Waals surface area contributed by atoms with E-state index in [2.05, 4.69) is 5.32 Å². The van der Waals surface area contributed by atoms with Crippen LogP contribution in [0.3, 0.4) is 0 Å². The zero-order valence-electron chi connectivity index (χ0n) is 3.27. The van der Waals surface area contributed by atoms with E-state index in [4.69, 9.17) is 0 Å². The highest BCUT2D eigenvalue weighted by Crippen LogP contribution is 1.60. The molecule has 3 nitrogen and oxygen atoms in total. The zero-order chi connectivity index (χ0) is 4.41. The van der Waals surface area contributed by atoms with Crippen molar-refractivity contribution in [2.45, 2.75) is 0 Å². The van der Waals surface area contributed by atoms with Gasteiger partial charge in [0.25, 0.3) is 0 Å². The van der Waals surface area contributed by atoms with Crippen LogP contribution in [0.25, 0.3) is 0 Å². The van der Waals surface area contributed by atoms with Crippen molar-refractivity contribution in [3.8, 4) is 0 Å². The highest BCUT2D eigenvalue weighted by molar-refractivity contribution is 5.78. The van der Waals surface area contributed by atoms with Gasteiger partial charge in [-0.05, 0) is 6.67 Å². The standard InChI is InChI=1S/C3H6N2O/c6-3-1-4-2-5-3/h2H,1,4H2,(H,5,6). The summed E-state index contributed by atoms with van der Waals surface area (Å²) in [6.07, 6.45) is 0. The number of amides is 1. The van der Waals surface area contributed by atoms with Crippen LogP contribution in [-0.2, 0) is 4.79 Å². The Morgan fingerprint density at radius 3 is 3.00 bits per heavy atom. The van der Waals surface area contributed by atoms with Crippen LogP contribution in [0.2, 0.25) is 0 Å². The fourth-order valence-corrected chi connectivity index (χ4v) is 0.377. The lowest BCUT2D eigenvalue weighted by Crippen LogP contribution is -2.78. The molecule has 0 saturated carbocycles. The minimum Gasteiger partial charge on any atom is -0.452 e. The number of carbonyl (C=O) groups excluding carboxylic acids is 1. The number of hydrogen-bond donors (Lipinski definition) is 2. The third-order valence-corrected chi connectivity index (χ3v) is 0.665. The molecular formula is C3H6N2O. The highest BCUT2D eigenvalue weighted by Gasteiger charge is 2.00. The molecule has 1 aliphatic heterocycles. The Kier molecular flexibility index (Phi) is 0.759. The van der Waals surface area contributed by atoms with Crippen LogP contribution in [-0.4, -0.2) is 12.5 Å². The van der Waals surface area contributed by atoms with Gasteiger partial charge in [0.15, 0.2) is 0 Å². The molecule has 0 aromatic rings. The van der Waals surface area contributed by atoms with E-state index in [1.807, 2.05) is 0 Å².